The number of carbonyl (C=O) groups excluding carboxylic acids is 1. The van der Waals surface area contributed by atoms with E-state index in [4.69, 9.17) is 14.2 Å². The molecule has 5 heteroatoms. The molecule has 2 heterocycles. The zero-order valence-corrected chi connectivity index (χ0v) is 18.9. The summed E-state index contributed by atoms with van der Waals surface area (Å²) < 4.78 is 18.1. The van der Waals surface area contributed by atoms with Gasteiger partial charge in [-0.15, -0.1) is 0 Å². The summed E-state index contributed by atoms with van der Waals surface area (Å²) in [6.45, 7) is 4.28. The van der Waals surface area contributed by atoms with Crippen molar-refractivity contribution in [1.29, 1.82) is 0 Å². The van der Waals surface area contributed by atoms with Crippen molar-refractivity contribution < 1.29 is 19.0 Å². The molecule has 1 atom stereocenters. The normalized spacial score (nSPS) is 24.0. The van der Waals surface area contributed by atoms with Crippen molar-refractivity contribution in [2.45, 2.75) is 82.5 Å². The Hall–Kier alpha value is -1.43. The number of carbonyl (C=O) groups is 1. The highest BCUT2D eigenvalue weighted by Gasteiger charge is 2.41. The minimum atomic E-state index is -0.101. The van der Waals surface area contributed by atoms with Gasteiger partial charge >= 0.3 is 0 Å². The Kier molecular flexibility index (Phi) is 8.40. The molecule has 2 saturated heterocycles. The SMILES string of the molecule is O=C(CCC1CCCC1)N1CCC2(CC1)CC(OCCOCc1ccccc1)CCO2. The maximum Gasteiger partial charge on any atom is 0.222 e. The first-order valence-electron chi connectivity index (χ1n) is 12.4. The molecule has 3 aliphatic rings. The summed E-state index contributed by atoms with van der Waals surface area (Å²) in [6, 6.07) is 10.2. The molecule has 3 fully saturated rings. The molecule has 172 valence electrons. The standard InChI is InChI=1S/C26H39NO4/c28-25(11-10-22-6-4-5-7-22)27-15-13-26(14-16-27)20-24(12-17-31-26)30-19-18-29-21-23-8-2-1-3-9-23/h1-3,8-9,22,24H,4-7,10-21H2. The van der Waals surface area contributed by atoms with Crippen LogP contribution in [0.3, 0.4) is 0 Å². The van der Waals surface area contributed by atoms with Crippen LogP contribution in [0, 0.1) is 5.92 Å². The van der Waals surface area contributed by atoms with Crippen molar-refractivity contribution in [2.24, 2.45) is 5.92 Å². The maximum atomic E-state index is 12.6. The molecule has 1 spiro atoms. The van der Waals surface area contributed by atoms with Crippen LogP contribution in [0.2, 0.25) is 0 Å². The van der Waals surface area contributed by atoms with Crippen LogP contribution in [0.15, 0.2) is 30.3 Å². The summed E-state index contributed by atoms with van der Waals surface area (Å²) in [6.07, 6.45) is 11.2. The number of nitrogens with zero attached hydrogens (tertiary/aromatic N) is 1. The summed E-state index contributed by atoms with van der Waals surface area (Å²) in [7, 11) is 0. The summed E-state index contributed by atoms with van der Waals surface area (Å²) in [4.78, 5) is 14.7. The number of piperidine rings is 1. The van der Waals surface area contributed by atoms with Crippen molar-refractivity contribution >= 4 is 5.91 Å². The highest BCUT2D eigenvalue weighted by molar-refractivity contribution is 5.76. The van der Waals surface area contributed by atoms with Crippen LogP contribution in [0.25, 0.3) is 0 Å². The Bertz CT molecular complexity index is 665. The number of ether oxygens (including phenoxy) is 3. The highest BCUT2D eigenvalue weighted by atomic mass is 16.5. The van der Waals surface area contributed by atoms with Gasteiger partial charge in [-0.05, 0) is 37.2 Å². The number of benzene rings is 1. The van der Waals surface area contributed by atoms with Gasteiger partial charge in [-0.25, -0.2) is 0 Å². The average Bonchev–Trinajstić information content (AvgIpc) is 3.32. The van der Waals surface area contributed by atoms with Gasteiger partial charge in [0.2, 0.25) is 5.91 Å². The van der Waals surface area contributed by atoms with Crippen molar-refractivity contribution in [3.05, 3.63) is 35.9 Å². The fourth-order valence-corrected chi connectivity index (χ4v) is 5.46. The molecule has 1 aromatic rings. The van der Waals surface area contributed by atoms with Gasteiger partial charge in [0.25, 0.3) is 0 Å². The topological polar surface area (TPSA) is 48.0 Å². The average molecular weight is 430 g/mol. The molecule has 1 aromatic carbocycles. The molecule has 1 unspecified atom stereocenters. The molecule has 1 aliphatic carbocycles. The van der Waals surface area contributed by atoms with Gasteiger partial charge in [-0.1, -0.05) is 56.0 Å². The number of rotatable bonds is 9. The smallest absolute Gasteiger partial charge is 0.222 e. The van der Waals surface area contributed by atoms with Gasteiger partial charge in [0, 0.05) is 32.5 Å². The molecule has 0 bridgehead atoms. The Morgan fingerprint density at radius 3 is 2.61 bits per heavy atom. The molecule has 1 saturated carbocycles. The summed E-state index contributed by atoms with van der Waals surface area (Å²) >= 11 is 0. The van der Waals surface area contributed by atoms with Crippen LogP contribution >= 0.6 is 0 Å². The van der Waals surface area contributed by atoms with E-state index in [1.807, 2.05) is 18.2 Å². The van der Waals surface area contributed by atoms with E-state index < -0.39 is 0 Å². The van der Waals surface area contributed by atoms with Gasteiger partial charge in [0.1, 0.15) is 0 Å². The third-order valence-electron chi connectivity index (χ3n) is 7.41. The van der Waals surface area contributed by atoms with Gasteiger partial charge < -0.3 is 19.1 Å². The molecule has 5 nitrogen and oxygen atoms in total. The third kappa shape index (κ3) is 6.77. The fraction of sp³-hybridized carbons (Fsp3) is 0.731. The van der Waals surface area contributed by atoms with Crippen molar-refractivity contribution in [2.75, 3.05) is 32.9 Å². The Morgan fingerprint density at radius 1 is 1.06 bits per heavy atom. The van der Waals surface area contributed by atoms with E-state index >= 15 is 0 Å². The number of hydrogen-bond donors (Lipinski definition) is 0. The lowest BCUT2D eigenvalue weighted by Gasteiger charge is -2.46. The lowest BCUT2D eigenvalue weighted by molar-refractivity contribution is -0.163. The Morgan fingerprint density at radius 2 is 1.84 bits per heavy atom. The quantitative estimate of drug-likeness (QED) is 0.533. The van der Waals surface area contributed by atoms with Gasteiger partial charge in [0.15, 0.2) is 0 Å². The van der Waals surface area contributed by atoms with Crippen LogP contribution in [0.4, 0.5) is 0 Å². The van der Waals surface area contributed by atoms with Crippen LogP contribution in [0.5, 0.6) is 0 Å². The van der Waals surface area contributed by atoms with Crippen molar-refractivity contribution in [3.8, 4) is 0 Å². The van der Waals surface area contributed by atoms with E-state index in [2.05, 4.69) is 17.0 Å². The number of hydrogen-bond acceptors (Lipinski definition) is 4. The van der Waals surface area contributed by atoms with E-state index in [0.29, 0.717) is 25.7 Å². The molecule has 31 heavy (non-hydrogen) atoms. The summed E-state index contributed by atoms with van der Waals surface area (Å²) in [5.74, 6) is 1.14. The van der Waals surface area contributed by atoms with E-state index in [1.165, 1.54) is 31.2 Å². The molecule has 2 aliphatic heterocycles. The predicted octanol–water partition coefficient (Wildman–Crippen LogP) is 4.73. The predicted molar refractivity (Wildman–Crippen MR) is 121 cm³/mol. The second-order valence-electron chi connectivity index (χ2n) is 9.63. The van der Waals surface area contributed by atoms with E-state index in [1.54, 1.807) is 0 Å². The largest absolute Gasteiger partial charge is 0.376 e. The monoisotopic (exact) mass is 429 g/mol. The van der Waals surface area contributed by atoms with Crippen LogP contribution in [-0.2, 0) is 25.6 Å². The minimum absolute atomic E-state index is 0.101. The first-order chi connectivity index (χ1) is 15.2. The highest BCUT2D eigenvalue weighted by Crippen LogP contribution is 2.36. The summed E-state index contributed by atoms with van der Waals surface area (Å²) in [5.41, 5.74) is 1.09. The molecular formula is C26H39NO4. The van der Waals surface area contributed by atoms with Gasteiger partial charge in [-0.2, -0.15) is 0 Å². The fourth-order valence-electron chi connectivity index (χ4n) is 5.46. The van der Waals surface area contributed by atoms with Gasteiger partial charge in [0.05, 0.1) is 31.5 Å². The molecule has 4 rings (SSSR count). The molecule has 0 aromatic heterocycles. The van der Waals surface area contributed by atoms with Crippen LogP contribution in [0.1, 0.15) is 69.8 Å². The second-order valence-corrected chi connectivity index (χ2v) is 9.63. The first-order valence-corrected chi connectivity index (χ1v) is 12.4. The van der Waals surface area contributed by atoms with Crippen molar-refractivity contribution in [1.82, 2.24) is 4.90 Å². The van der Waals surface area contributed by atoms with Gasteiger partial charge in [-0.3, -0.25) is 4.79 Å². The Labute approximate surface area is 187 Å². The molecule has 0 N–H and O–H groups in total. The third-order valence-corrected chi connectivity index (χ3v) is 7.41. The zero-order valence-electron chi connectivity index (χ0n) is 18.9. The number of likely N-dealkylation sites (tertiary alicyclic amines) is 1. The van der Waals surface area contributed by atoms with E-state index in [-0.39, 0.29) is 11.7 Å². The number of amides is 1. The van der Waals surface area contributed by atoms with Crippen LogP contribution < -0.4 is 0 Å². The summed E-state index contributed by atoms with van der Waals surface area (Å²) in [5, 5.41) is 0. The van der Waals surface area contributed by atoms with E-state index in [9.17, 15) is 4.79 Å². The molecule has 1 amide bonds. The second kappa shape index (κ2) is 11.4. The molecular weight excluding hydrogens is 390 g/mol. The zero-order chi connectivity index (χ0) is 21.4. The maximum absolute atomic E-state index is 12.6. The Balaban J connectivity index is 1.12. The first kappa shape index (κ1) is 22.8. The molecule has 0 radical (unpaired) electrons. The van der Waals surface area contributed by atoms with E-state index in [0.717, 1.165) is 64.1 Å². The lowest BCUT2D eigenvalue weighted by Crippen LogP contribution is -2.52. The van der Waals surface area contributed by atoms with Crippen LogP contribution in [-0.4, -0.2) is 55.4 Å². The lowest BCUT2D eigenvalue weighted by atomic mass is 9.83. The minimum Gasteiger partial charge on any atom is -0.376 e. The van der Waals surface area contributed by atoms with Crippen molar-refractivity contribution in [3.63, 3.8) is 0 Å².